The third-order valence-corrected chi connectivity index (χ3v) is 10.7. The molecule has 0 aliphatic carbocycles. The highest BCUT2D eigenvalue weighted by Crippen LogP contribution is 2.39. The molecule has 1 fully saturated rings. The van der Waals surface area contributed by atoms with Crippen LogP contribution in [0.5, 0.6) is 0 Å². The molecule has 262 valence electrons. The first-order valence-electron chi connectivity index (χ1n) is 16.0. The van der Waals surface area contributed by atoms with E-state index < -0.39 is 27.3 Å². The first-order valence-corrected chi connectivity index (χ1v) is 17.8. The molecule has 10 nitrogen and oxygen atoms in total. The summed E-state index contributed by atoms with van der Waals surface area (Å²) >= 11 is 6.60. The Labute approximate surface area is 296 Å². The van der Waals surface area contributed by atoms with Gasteiger partial charge < -0.3 is 15.5 Å². The molecule has 6 aromatic rings. The lowest BCUT2D eigenvalue weighted by Gasteiger charge is -2.31. The summed E-state index contributed by atoms with van der Waals surface area (Å²) in [6.07, 6.45) is -1.77. The minimum absolute atomic E-state index is 0.0629. The average Bonchev–Trinajstić information content (AvgIpc) is 3.59. The van der Waals surface area contributed by atoms with Gasteiger partial charge in [-0.3, -0.25) is 9.36 Å². The number of aryl methyl sites for hydroxylation is 1. The number of nitrogens with zero attached hydrogens (tertiary/aromatic N) is 5. The quantitative estimate of drug-likeness (QED) is 0.178. The van der Waals surface area contributed by atoms with Crippen molar-refractivity contribution in [2.45, 2.75) is 24.5 Å². The normalized spacial score (nSPS) is 13.9. The molecule has 1 saturated heterocycles. The zero-order chi connectivity index (χ0) is 35.9. The van der Waals surface area contributed by atoms with Crippen LogP contribution in [0.25, 0.3) is 22.2 Å². The van der Waals surface area contributed by atoms with Gasteiger partial charge in [0.2, 0.25) is 5.95 Å². The fourth-order valence-electron chi connectivity index (χ4n) is 6.18. The monoisotopic (exact) mass is 733 g/mol. The number of hydrogen-bond acceptors (Lipinski definition) is 8. The minimum atomic E-state index is -4.62. The van der Waals surface area contributed by atoms with Gasteiger partial charge in [-0.15, -0.1) is 0 Å². The van der Waals surface area contributed by atoms with E-state index in [4.69, 9.17) is 11.6 Å². The van der Waals surface area contributed by atoms with Crippen LogP contribution in [0.2, 0.25) is 5.02 Å². The van der Waals surface area contributed by atoms with E-state index in [0.29, 0.717) is 42.2 Å². The first kappa shape index (κ1) is 34.3. The van der Waals surface area contributed by atoms with Crippen LogP contribution < -0.4 is 21.1 Å². The molecule has 51 heavy (non-hydrogen) atoms. The zero-order valence-corrected chi connectivity index (χ0v) is 28.7. The Hall–Kier alpha value is -5.18. The fourth-order valence-corrected chi connectivity index (χ4v) is 7.90. The highest BCUT2D eigenvalue weighted by Gasteiger charge is 2.35. The Morgan fingerprint density at radius 2 is 1.71 bits per heavy atom. The van der Waals surface area contributed by atoms with E-state index in [0.717, 1.165) is 15.6 Å². The molecule has 15 heteroatoms. The maximum absolute atomic E-state index is 14.3. The van der Waals surface area contributed by atoms with E-state index in [1.807, 2.05) is 13.0 Å². The van der Waals surface area contributed by atoms with Crippen LogP contribution in [0.1, 0.15) is 16.8 Å². The topological polar surface area (TPSA) is 114 Å². The van der Waals surface area contributed by atoms with Gasteiger partial charge in [0.05, 0.1) is 22.7 Å². The highest BCUT2D eigenvalue weighted by molar-refractivity contribution is 7.90. The van der Waals surface area contributed by atoms with E-state index in [2.05, 4.69) is 20.6 Å². The highest BCUT2D eigenvalue weighted by atomic mass is 35.5. The van der Waals surface area contributed by atoms with Crippen LogP contribution in [0.3, 0.4) is 0 Å². The van der Waals surface area contributed by atoms with Crippen LogP contribution >= 0.6 is 11.6 Å². The molecule has 1 aliphatic rings. The Bertz CT molecular complexity index is 2430. The van der Waals surface area contributed by atoms with Crippen molar-refractivity contribution >= 4 is 50.0 Å². The molecule has 0 bridgehead atoms. The van der Waals surface area contributed by atoms with Gasteiger partial charge in [0.15, 0.2) is 0 Å². The number of fused-ring (bicyclic) bond motifs is 1. The second kappa shape index (κ2) is 13.5. The van der Waals surface area contributed by atoms with Crippen molar-refractivity contribution in [1.29, 1.82) is 0 Å². The lowest BCUT2D eigenvalue weighted by molar-refractivity contribution is -0.137. The van der Waals surface area contributed by atoms with E-state index in [9.17, 15) is 26.4 Å². The number of alkyl halides is 3. The van der Waals surface area contributed by atoms with Gasteiger partial charge in [0.1, 0.15) is 5.65 Å². The second-order valence-electron chi connectivity index (χ2n) is 12.1. The number of piperazine rings is 1. The summed E-state index contributed by atoms with van der Waals surface area (Å²) in [6.45, 7) is 3.67. The van der Waals surface area contributed by atoms with Crippen molar-refractivity contribution < 1.29 is 21.6 Å². The summed E-state index contributed by atoms with van der Waals surface area (Å²) in [5.41, 5.74) is 0.848. The van der Waals surface area contributed by atoms with E-state index >= 15 is 0 Å². The molecule has 0 unspecified atom stereocenters. The third-order valence-electron chi connectivity index (χ3n) is 8.67. The second-order valence-corrected chi connectivity index (χ2v) is 14.3. The van der Waals surface area contributed by atoms with E-state index in [-0.39, 0.29) is 45.7 Å². The van der Waals surface area contributed by atoms with Gasteiger partial charge in [-0.2, -0.15) is 18.2 Å². The molecule has 2 N–H and O–H groups in total. The Kier molecular flexibility index (Phi) is 9.08. The van der Waals surface area contributed by atoms with Crippen molar-refractivity contribution in [3.63, 3.8) is 0 Å². The molecule has 1 aliphatic heterocycles. The van der Waals surface area contributed by atoms with Gasteiger partial charge >= 0.3 is 6.18 Å². The standard InChI is InChI=1S/C36H31ClF3N7O3S/c1-23-9-11-28(31(37)18-23)29-19-24-21-42-35(43-25-10-12-32(30(20-25)36(38,39)40)45-16-13-41-14-17-45)44-33(24)46(34(29)48)22-26-6-5-15-47(26)51(49,50)27-7-3-2-4-8-27/h2-12,15,18-21,41H,13-14,16-17,22H2,1H3,(H,42,43,44). The molecule has 0 amide bonds. The summed E-state index contributed by atoms with van der Waals surface area (Å²) in [5.74, 6) is -0.0629. The SMILES string of the molecule is Cc1ccc(-c2cc3cnc(Nc4ccc(N5CCNCC5)c(C(F)(F)F)c4)nc3n(Cc3cccn3S(=O)(=O)c3ccccc3)c2=O)c(Cl)c1. The van der Waals surface area contributed by atoms with Crippen molar-refractivity contribution in [1.82, 2.24) is 23.8 Å². The molecule has 7 rings (SSSR count). The number of pyridine rings is 1. The number of rotatable bonds is 8. The molecule has 0 spiro atoms. The number of anilines is 3. The Morgan fingerprint density at radius 1 is 0.941 bits per heavy atom. The first-order chi connectivity index (χ1) is 24.4. The fraction of sp³-hybridized carbons (Fsp3) is 0.194. The van der Waals surface area contributed by atoms with Gasteiger partial charge in [0.25, 0.3) is 15.6 Å². The van der Waals surface area contributed by atoms with Crippen molar-refractivity contribution in [3.8, 4) is 11.1 Å². The maximum Gasteiger partial charge on any atom is 0.418 e. The smallest absolute Gasteiger partial charge is 0.368 e. The summed E-state index contributed by atoms with van der Waals surface area (Å²) in [5, 5.41) is 6.78. The van der Waals surface area contributed by atoms with Gasteiger partial charge in [0, 0.05) is 71.5 Å². The number of nitrogens with one attached hydrogen (secondary N) is 2. The molecule has 0 radical (unpaired) electrons. The minimum Gasteiger partial charge on any atom is -0.368 e. The van der Waals surface area contributed by atoms with Gasteiger partial charge in [-0.25, -0.2) is 17.4 Å². The lowest BCUT2D eigenvalue weighted by Crippen LogP contribution is -2.44. The van der Waals surface area contributed by atoms with Crippen LogP contribution in [0, 0.1) is 6.92 Å². The largest absolute Gasteiger partial charge is 0.418 e. The van der Waals surface area contributed by atoms with Crippen molar-refractivity contribution in [2.75, 3.05) is 36.4 Å². The molecular formula is C36H31ClF3N7O3S. The lowest BCUT2D eigenvalue weighted by atomic mass is 10.0. The summed E-state index contributed by atoms with van der Waals surface area (Å²) in [6, 6.07) is 21.9. The van der Waals surface area contributed by atoms with Crippen molar-refractivity contribution in [3.05, 3.63) is 130 Å². The third kappa shape index (κ3) is 6.81. The van der Waals surface area contributed by atoms with Crippen LogP contribution in [-0.2, 0) is 22.7 Å². The molecular weight excluding hydrogens is 703 g/mol. The molecule has 4 heterocycles. The van der Waals surface area contributed by atoms with Crippen LogP contribution in [-0.4, -0.2) is 53.1 Å². The average molecular weight is 734 g/mol. The summed E-state index contributed by atoms with van der Waals surface area (Å²) in [7, 11) is -4.03. The number of hydrogen-bond donors (Lipinski definition) is 2. The molecule has 0 atom stereocenters. The van der Waals surface area contributed by atoms with Gasteiger partial charge in [-0.1, -0.05) is 41.9 Å². The Balaban J connectivity index is 1.34. The molecule has 3 aromatic carbocycles. The number of benzene rings is 3. The van der Waals surface area contributed by atoms with Gasteiger partial charge in [-0.05, 0) is 67.1 Å². The van der Waals surface area contributed by atoms with E-state index in [1.165, 1.54) is 41.2 Å². The molecule has 0 saturated carbocycles. The number of halogens is 4. The predicted octanol–water partition coefficient (Wildman–Crippen LogP) is 6.68. The maximum atomic E-state index is 14.3. The summed E-state index contributed by atoms with van der Waals surface area (Å²) < 4.78 is 72.5. The molecule has 3 aromatic heterocycles. The van der Waals surface area contributed by atoms with E-state index in [1.54, 1.807) is 53.4 Å². The number of aromatic nitrogens is 4. The van der Waals surface area contributed by atoms with Crippen LogP contribution in [0.15, 0.2) is 107 Å². The zero-order valence-electron chi connectivity index (χ0n) is 27.2. The summed E-state index contributed by atoms with van der Waals surface area (Å²) in [4.78, 5) is 25.0. The predicted molar refractivity (Wildman–Crippen MR) is 191 cm³/mol. The van der Waals surface area contributed by atoms with Crippen molar-refractivity contribution in [2.24, 2.45) is 0 Å². The van der Waals surface area contributed by atoms with Crippen LogP contribution in [0.4, 0.5) is 30.5 Å². The Morgan fingerprint density at radius 3 is 2.43 bits per heavy atom.